The van der Waals surface area contributed by atoms with Crippen molar-refractivity contribution in [1.82, 2.24) is 19.5 Å². The molecule has 8 heteroatoms. The summed E-state index contributed by atoms with van der Waals surface area (Å²) in [6, 6.07) is 13.2. The molecule has 5 rings (SSSR count). The summed E-state index contributed by atoms with van der Waals surface area (Å²) in [6.07, 6.45) is 4.09. The van der Waals surface area contributed by atoms with Gasteiger partial charge >= 0.3 is 0 Å². The quantitative estimate of drug-likeness (QED) is 0.649. The summed E-state index contributed by atoms with van der Waals surface area (Å²) in [7, 11) is 1.60. The Labute approximate surface area is 180 Å². The molecule has 2 aliphatic heterocycles. The van der Waals surface area contributed by atoms with Crippen molar-refractivity contribution in [1.29, 1.82) is 0 Å². The lowest BCUT2D eigenvalue weighted by molar-refractivity contribution is -0.137. The Hall–Kier alpha value is -3.42. The van der Waals surface area contributed by atoms with Crippen molar-refractivity contribution in [2.24, 2.45) is 5.92 Å². The summed E-state index contributed by atoms with van der Waals surface area (Å²) < 4.78 is 7.27. The highest BCUT2D eigenvalue weighted by molar-refractivity contribution is 6.00. The van der Waals surface area contributed by atoms with Gasteiger partial charge in [0.15, 0.2) is 5.65 Å². The molecule has 2 atom stereocenters. The molecule has 31 heavy (non-hydrogen) atoms. The minimum absolute atomic E-state index is 0.0244. The Morgan fingerprint density at radius 2 is 2.03 bits per heavy atom. The van der Waals surface area contributed by atoms with Gasteiger partial charge in [0.2, 0.25) is 11.8 Å². The first-order valence-corrected chi connectivity index (χ1v) is 10.7. The Morgan fingerprint density at radius 3 is 2.90 bits per heavy atom. The van der Waals surface area contributed by atoms with Crippen LogP contribution in [0.3, 0.4) is 0 Å². The van der Waals surface area contributed by atoms with Crippen LogP contribution in [0.1, 0.15) is 31.0 Å². The van der Waals surface area contributed by atoms with E-state index in [2.05, 4.69) is 10.2 Å². The van der Waals surface area contributed by atoms with Crippen molar-refractivity contribution in [3.05, 3.63) is 54.5 Å². The fourth-order valence-corrected chi connectivity index (χ4v) is 4.69. The number of aromatic nitrogens is 3. The van der Waals surface area contributed by atoms with Crippen LogP contribution in [-0.4, -0.2) is 58.1 Å². The monoisotopic (exact) mass is 419 g/mol. The van der Waals surface area contributed by atoms with Crippen LogP contribution in [0.15, 0.2) is 48.7 Å². The van der Waals surface area contributed by atoms with Gasteiger partial charge in [-0.3, -0.25) is 14.0 Å². The number of hydrogen-bond donors (Lipinski definition) is 0. The molecule has 1 aromatic carbocycles. The van der Waals surface area contributed by atoms with Gasteiger partial charge < -0.3 is 14.5 Å². The maximum absolute atomic E-state index is 13.3. The zero-order valence-corrected chi connectivity index (χ0v) is 17.5. The highest BCUT2D eigenvalue weighted by atomic mass is 16.5. The second kappa shape index (κ2) is 8.02. The minimum atomic E-state index is -0.326. The van der Waals surface area contributed by atoms with Crippen LogP contribution in [-0.2, 0) is 9.59 Å². The third-order valence-electron chi connectivity index (χ3n) is 6.28. The molecule has 8 nitrogen and oxygen atoms in total. The Bertz CT molecular complexity index is 1130. The number of benzene rings is 1. The normalized spacial score (nSPS) is 21.6. The molecule has 0 N–H and O–H groups in total. The van der Waals surface area contributed by atoms with Crippen molar-refractivity contribution in [3.8, 4) is 5.75 Å². The first-order chi connectivity index (χ1) is 15.1. The second-order valence-electron chi connectivity index (χ2n) is 8.22. The van der Waals surface area contributed by atoms with Gasteiger partial charge in [-0.1, -0.05) is 12.1 Å². The van der Waals surface area contributed by atoms with E-state index in [0.29, 0.717) is 18.8 Å². The van der Waals surface area contributed by atoms with E-state index in [4.69, 9.17) is 4.74 Å². The molecule has 3 aromatic rings. The summed E-state index contributed by atoms with van der Waals surface area (Å²) in [5.41, 5.74) is 1.59. The van der Waals surface area contributed by atoms with E-state index in [1.807, 2.05) is 58.0 Å². The molecular weight excluding hydrogens is 394 g/mol. The lowest BCUT2D eigenvalue weighted by atomic mass is 9.95. The number of anilines is 1. The maximum atomic E-state index is 13.3. The average molecular weight is 419 g/mol. The first-order valence-electron chi connectivity index (χ1n) is 10.7. The van der Waals surface area contributed by atoms with Gasteiger partial charge in [-0.15, -0.1) is 10.2 Å². The van der Waals surface area contributed by atoms with E-state index in [-0.39, 0.29) is 30.1 Å². The van der Waals surface area contributed by atoms with Crippen LogP contribution >= 0.6 is 0 Å². The highest BCUT2D eigenvalue weighted by Gasteiger charge is 2.39. The van der Waals surface area contributed by atoms with Crippen LogP contribution in [0.25, 0.3) is 5.65 Å². The van der Waals surface area contributed by atoms with Gasteiger partial charge in [0.1, 0.15) is 11.6 Å². The van der Waals surface area contributed by atoms with Gasteiger partial charge in [-0.05, 0) is 37.1 Å². The van der Waals surface area contributed by atoms with E-state index in [1.54, 1.807) is 12.0 Å². The fourth-order valence-electron chi connectivity index (χ4n) is 4.69. The van der Waals surface area contributed by atoms with Gasteiger partial charge in [0.25, 0.3) is 0 Å². The number of pyridine rings is 1. The number of nitrogens with zero attached hydrogens (tertiary/aromatic N) is 5. The number of amides is 2. The van der Waals surface area contributed by atoms with Crippen molar-refractivity contribution in [2.75, 3.05) is 31.6 Å². The lowest BCUT2D eigenvalue weighted by Gasteiger charge is -2.33. The van der Waals surface area contributed by atoms with E-state index < -0.39 is 0 Å². The number of fused-ring (bicyclic) bond motifs is 1. The zero-order chi connectivity index (χ0) is 21.4. The third-order valence-corrected chi connectivity index (χ3v) is 6.28. The van der Waals surface area contributed by atoms with Crippen molar-refractivity contribution in [3.63, 3.8) is 0 Å². The van der Waals surface area contributed by atoms with Crippen molar-refractivity contribution < 1.29 is 14.3 Å². The molecule has 0 saturated carbocycles. The van der Waals surface area contributed by atoms with Gasteiger partial charge in [-0.25, -0.2) is 0 Å². The molecule has 0 spiro atoms. The zero-order valence-electron chi connectivity index (χ0n) is 17.5. The molecule has 2 saturated heterocycles. The largest absolute Gasteiger partial charge is 0.497 e. The third kappa shape index (κ3) is 3.62. The second-order valence-corrected chi connectivity index (χ2v) is 8.22. The predicted molar refractivity (Wildman–Crippen MR) is 115 cm³/mol. The molecule has 2 aromatic heterocycles. The number of carbonyl (C=O) groups excluding carboxylic acids is 2. The van der Waals surface area contributed by atoms with Crippen LogP contribution < -0.4 is 9.64 Å². The summed E-state index contributed by atoms with van der Waals surface area (Å²) >= 11 is 0. The van der Waals surface area contributed by atoms with Crippen LogP contribution in [0.5, 0.6) is 5.75 Å². The first kappa shape index (κ1) is 19.5. The Morgan fingerprint density at radius 1 is 1.13 bits per heavy atom. The minimum Gasteiger partial charge on any atom is -0.497 e. The molecule has 2 unspecified atom stereocenters. The number of piperidine rings is 1. The van der Waals surface area contributed by atoms with Crippen LogP contribution in [0, 0.1) is 5.92 Å². The number of hydrogen-bond acceptors (Lipinski definition) is 5. The number of methoxy groups -OCH3 is 1. The molecule has 0 aliphatic carbocycles. The lowest BCUT2D eigenvalue weighted by Crippen LogP contribution is -2.43. The van der Waals surface area contributed by atoms with Crippen LogP contribution in [0.2, 0.25) is 0 Å². The SMILES string of the molecule is COc1cccc(N2CC(C(=O)N3CCCC(c4nnc5ccccn45)C3)CC2=O)c1. The van der Waals surface area contributed by atoms with E-state index >= 15 is 0 Å². The summed E-state index contributed by atoms with van der Waals surface area (Å²) in [4.78, 5) is 29.6. The number of likely N-dealkylation sites (tertiary alicyclic amines) is 1. The van der Waals surface area contributed by atoms with E-state index in [9.17, 15) is 9.59 Å². The molecule has 2 aliphatic rings. The molecule has 160 valence electrons. The molecule has 0 bridgehead atoms. The highest BCUT2D eigenvalue weighted by Crippen LogP contribution is 2.31. The summed E-state index contributed by atoms with van der Waals surface area (Å²) in [5.74, 6) is 1.43. The Kier molecular flexibility index (Phi) is 5.05. The summed E-state index contributed by atoms with van der Waals surface area (Å²) in [6.45, 7) is 1.73. The average Bonchev–Trinajstić information content (AvgIpc) is 3.42. The predicted octanol–water partition coefficient (Wildman–Crippen LogP) is 2.50. The van der Waals surface area contributed by atoms with Crippen molar-refractivity contribution >= 4 is 23.1 Å². The number of rotatable bonds is 4. The maximum Gasteiger partial charge on any atom is 0.228 e. The van der Waals surface area contributed by atoms with Gasteiger partial charge in [0.05, 0.1) is 13.0 Å². The summed E-state index contributed by atoms with van der Waals surface area (Å²) in [5, 5.41) is 8.65. The molecular formula is C23H25N5O3. The molecule has 4 heterocycles. The smallest absolute Gasteiger partial charge is 0.228 e. The van der Waals surface area contributed by atoms with Gasteiger partial charge in [0, 0.05) is 49.9 Å². The standard InChI is InChI=1S/C23H25N5O3/c1-31-19-8-4-7-18(13-19)28-15-17(12-21(28)29)23(30)26-10-5-6-16(14-26)22-25-24-20-9-2-3-11-27(20)22/h2-4,7-9,11,13,16-17H,5-6,10,12,14-15H2,1H3. The topological polar surface area (TPSA) is 80.0 Å². The Balaban J connectivity index is 1.30. The van der Waals surface area contributed by atoms with Crippen LogP contribution in [0.4, 0.5) is 5.69 Å². The molecule has 0 radical (unpaired) electrons. The van der Waals surface area contributed by atoms with Crippen molar-refractivity contribution in [2.45, 2.75) is 25.2 Å². The van der Waals surface area contributed by atoms with E-state index in [1.165, 1.54) is 0 Å². The van der Waals surface area contributed by atoms with E-state index in [0.717, 1.165) is 36.5 Å². The molecule has 2 fully saturated rings. The number of ether oxygens (including phenoxy) is 1. The molecule has 2 amide bonds. The fraction of sp³-hybridized carbons (Fsp3) is 0.391. The van der Waals surface area contributed by atoms with Gasteiger partial charge in [-0.2, -0.15) is 0 Å². The number of carbonyl (C=O) groups is 2.